The van der Waals surface area contributed by atoms with Crippen molar-refractivity contribution in [3.05, 3.63) is 29.3 Å². The summed E-state index contributed by atoms with van der Waals surface area (Å²) in [6.45, 7) is 3.76. The van der Waals surface area contributed by atoms with Gasteiger partial charge in [-0.15, -0.1) is 0 Å². The molecule has 1 saturated carbocycles. The summed E-state index contributed by atoms with van der Waals surface area (Å²) in [5, 5.41) is 2.95. The Bertz CT molecular complexity index is 621. The molecule has 0 aliphatic heterocycles. The highest BCUT2D eigenvalue weighted by molar-refractivity contribution is 8.13. The number of amides is 1. The first kappa shape index (κ1) is 14.3. The van der Waals surface area contributed by atoms with Crippen molar-refractivity contribution in [1.82, 2.24) is 5.32 Å². The van der Waals surface area contributed by atoms with Gasteiger partial charge < -0.3 is 5.32 Å². The molecule has 0 unspecified atom stereocenters. The van der Waals surface area contributed by atoms with Crippen molar-refractivity contribution in [1.29, 1.82) is 0 Å². The van der Waals surface area contributed by atoms with Crippen LogP contribution >= 0.6 is 10.7 Å². The van der Waals surface area contributed by atoms with Crippen molar-refractivity contribution in [3.8, 4) is 0 Å². The fourth-order valence-corrected chi connectivity index (χ4v) is 2.95. The Morgan fingerprint density at radius 3 is 2.47 bits per heavy atom. The van der Waals surface area contributed by atoms with Gasteiger partial charge in [-0.3, -0.25) is 4.79 Å². The summed E-state index contributed by atoms with van der Waals surface area (Å²) in [7, 11) is 1.48. The fraction of sp³-hybridized carbons (Fsp3) is 0.462. The van der Waals surface area contributed by atoms with E-state index in [4.69, 9.17) is 10.7 Å². The normalized spacial score (nSPS) is 17.6. The Labute approximate surface area is 117 Å². The molecule has 0 bridgehead atoms. The second kappa shape index (κ2) is 4.80. The third-order valence-corrected chi connectivity index (χ3v) is 4.96. The van der Waals surface area contributed by atoms with Gasteiger partial charge >= 0.3 is 0 Å². The molecule has 104 valence electrons. The Morgan fingerprint density at radius 2 is 2.00 bits per heavy atom. The average Bonchev–Trinajstić information content (AvgIpc) is 2.25. The maximum atomic E-state index is 12.2. The molecular formula is C13H16ClNO3S. The van der Waals surface area contributed by atoms with Crippen LogP contribution in [0.4, 0.5) is 0 Å². The van der Waals surface area contributed by atoms with Crippen LogP contribution in [0.5, 0.6) is 0 Å². The van der Waals surface area contributed by atoms with E-state index in [1.165, 1.54) is 12.1 Å². The topological polar surface area (TPSA) is 63.2 Å². The number of halogens is 1. The van der Waals surface area contributed by atoms with Gasteiger partial charge in [0.25, 0.3) is 15.0 Å². The highest BCUT2D eigenvalue weighted by Crippen LogP contribution is 2.31. The average molecular weight is 302 g/mol. The lowest BCUT2D eigenvalue weighted by molar-refractivity contribution is 0.0849. The maximum absolute atomic E-state index is 12.2. The number of hydrogen-bond acceptors (Lipinski definition) is 3. The molecule has 0 radical (unpaired) electrons. The summed E-state index contributed by atoms with van der Waals surface area (Å²) in [6, 6.07) is 4.32. The second-order valence-electron chi connectivity index (χ2n) is 5.28. The maximum Gasteiger partial charge on any atom is 0.261 e. The minimum atomic E-state index is -3.82. The van der Waals surface area contributed by atoms with Gasteiger partial charge in [-0.1, -0.05) is 6.07 Å². The summed E-state index contributed by atoms with van der Waals surface area (Å²) >= 11 is 0. The van der Waals surface area contributed by atoms with Gasteiger partial charge in [-0.25, -0.2) is 8.42 Å². The molecule has 1 fully saturated rings. The molecule has 19 heavy (non-hydrogen) atoms. The number of carbonyl (C=O) groups is 1. The van der Waals surface area contributed by atoms with E-state index in [1.54, 1.807) is 13.0 Å². The lowest BCUT2D eigenvalue weighted by Crippen LogP contribution is -2.51. The molecule has 1 aliphatic carbocycles. The molecule has 0 atom stereocenters. The van der Waals surface area contributed by atoms with Crippen molar-refractivity contribution in [3.63, 3.8) is 0 Å². The molecule has 0 aromatic heterocycles. The van der Waals surface area contributed by atoms with Crippen molar-refractivity contribution >= 4 is 25.6 Å². The van der Waals surface area contributed by atoms with Crippen LogP contribution in [-0.2, 0) is 9.05 Å². The summed E-state index contributed by atoms with van der Waals surface area (Å²) in [6.07, 6.45) is 3.00. The van der Waals surface area contributed by atoms with Crippen molar-refractivity contribution in [2.24, 2.45) is 0 Å². The fourth-order valence-electron chi connectivity index (χ4n) is 2.17. The van der Waals surface area contributed by atoms with E-state index in [9.17, 15) is 13.2 Å². The quantitative estimate of drug-likeness (QED) is 0.873. The van der Waals surface area contributed by atoms with Gasteiger partial charge in [0, 0.05) is 21.8 Å². The van der Waals surface area contributed by atoms with Crippen molar-refractivity contribution in [2.75, 3.05) is 0 Å². The third kappa shape index (κ3) is 3.09. The Kier molecular flexibility index (Phi) is 3.62. The molecule has 1 amide bonds. The zero-order valence-electron chi connectivity index (χ0n) is 10.9. The van der Waals surface area contributed by atoms with E-state index in [0.717, 1.165) is 24.8 Å². The van der Waals surface area contributed by atoms with E-state index in [0.29, 0.717) is 5.56 Å². The SMILES string of the molecule is Cc1ccc(S(=O)(=O)Cl)cc1C(=O)NC1(C)CCC1. The first-order valence-electron chi connectivity index (χ1n) is 6.09. The first-order chi connectivity index (χ1) is 8.71. The zero-order chi connectivity index (χ0) is 14.3. The lowest BCUT2D eigenvalue weighted by Gasteiger charge is -2.39. The van der Waals surface area contributed by atoms with E-state index in [2.05, 4.69) is 5.32 Å². The smallest absolute Gasteiger partial charge is 0.261 e. The van der Waals surface area contributed by atoms with Crippen LogP contribution in [0.1, 0.15) is 42.1 Å². The van der Waals surface area contributed by atoms with Gasteiger partial charge in [0.15, 0.2) is 0 Å². The van der Waals surface area contributed by atoms with Gasteiger partial charge in [-0.2, -0.15) is 0 Å². The third-order valence-electron chi connectivity index (χ3n) is 3.61. The first-order valence-corrected chi connectivity index (χ1v) is 8.40. The molecule has 1 aromatic rings. The number of benzene rings is 1. The van der Waals surface area contributed by atoms with E-state index < -0.39 is 9.05 Å². The number of hydrogen-bond donors (Lipinski definition) is 1. The monoisotopic (exact) mass is 301 g/mol. The molecule has 1 aromatic carbocycles. The molecule has 0 saturated heterocycles. The van der Waals surface area contributed by atoms with Gasteiger partial charge in [0.1, 0.15) is 0 Å². The standard InChI is InChI=1S/C13H16ClNO3S/c1-9-4-5-10(19(14,17)18)8-11(9)12(16)15-13(2)6-3-7-13/h4-5,8H,3,6-7H2,1-2H3,(H,15,16). The predicted molar refractivity (Wildman–Crippen MR) is 73.9 cm³/mol. The Balaban J connectivity index is 2.30. The van der Waals surface area contributed by atoms with Gasteiger partial charge in [0.05, 0.1) is 4.90 Å². The van der Waals surface area contributed by atoms with Crippen LogP contribution in [-0.4, -0.2) is 19.9 Å². The number of aryl methyl sites for hydroxylation is 1. The Morgan fingerprint density at radius 1 is 1.37 bits per heavy atom. The molecule has 0 spiro atoms. The van der Waals surface area contributed by atoms with E-state index in [-0.39, 0.29) is 16.3 Å². The number of nitrogens with one attached hydrogen (secondary N) is 1. The zero-order valence-corrected chi connectivity index (χ0v) is 12.4. The van der Waals surface area contributed by atoms with Crippen molar-refractivity contribution in [2.45, 2.75) is 43.5 Å². The summed E-state index contributed by atoms with van der Waals surface area (Å²) in [4.78, 5) is 12.2. The lowest BCUT2D eigenvalue weighted by atomic mass is 9.78. The largest absolute Gasteiger partial charge is 0.347 e. The number of carbonyl (C=O) groups excluding carboxylic acids is 1. The Hall–Kier alpha value is -1.07. The summed E-state index contributed by atoms with van der Waals surface area (Å²) in [5.41, 5.74) is 0.915. The molecule has 6 heteroatoms. The molecular weight excluding hydrogens is 286 g/mol. The van der Waals surface area contributed by atoms with Crippen LogP contribution in [0.2, 0.25) is 0 Å². The van der Waals surface area contributed by atoms with Crippen LogP contribution < -0.4 is 5.32 Å². The minimum absolute atomic E-state index is 0.0521. The molecule has 0 heterocycles. The van der Waals surface area contributed by atoms with E-state index >= 15 is 0 Å². The van der Waals surface area contributed by atoms with E-state index in [1.807, 2.05) is 6.92 Å². The summed E-state index contributed by atoms with van der Waals surface area (Å²) in [5.74, 6) is -0.248. The molecule has 1 aliphatic rings. The van der Waals surface area contributed by atoms with Crippen LogP contribution in [0.15, 0.2) is 23.1 Å². The van der Waals surface area contributed by atoms with Crippen molar-refractivity contribution < 1.29 is 13.2 Å². The van der Waals surface area contributed by atoms with Crippen LogP contribution in [0, 0.1) is 6.92 Å². The van der Waals surface area contributed by atoms with Gasteiger partial charge in [0.2, 0.25) is 0 Å². The highest BCUT2D eigenvalue weighted by Gasteiger charge is 2.33. The molecule has 1 N–H and O–H groups in total. The molecule has 4 nitrogen and oxygen atoms in total. The minimum Gasteiger partial charge on any atom is -0.347 e. The van der Waals surface area contributed by atoms with Crippen LogP contribution in [0.3, 0.4) is 0 Å². The number of rotatable bonds is 3. The predicted octanol–water partition coefficient (Wildman–Crippen LogP) is 2.59. The van der Waals surface area contributed by atoms with Gasteiger partial charge in [-0.05, 0) is 50.8 Å². The van der Waals surface area contributed by atoms with Crippen LogP contribution in [0.25, 0.3) is 0 Å². The highest BCUT2D eigenvalue weighted by atomic mass is 35.7. The summed E-state index contributed by atoms with van der Waals surface area (Å²) < 4.78 is 22.6. The molecule has 2 rings (SSSR count). The second-order valence-corrected chi connectivity index (χ2v) is 7.85.